The van der Waals surface area contributed by atoms with Crippen molar-refractivity contribution in [3.05, 3.63) is 66.0 Å². The number of hydrogen-bond acceptors (Lipinski definition) is 2. The van der Waals surface area contributed by atoms with Crippen LogP contribution in [0.4, 0.5) is 0 Å². The van der Waals surface area contributed by atoms with Gasteiger partial charge in [-0.15, -0.1) is 0 Å². The van der Waals surface area contributed by atoms with Crippen molar-refractivity contribution >= 4 is 0 Å². The molecule has 1 saturated heterocycles. The van der Waals surface area contributed by atoms with E-state index in [2.05, 4.69) is 66.6 Å². The van der Waals surface area contributed by atoms with E-state index in [4.69, 9.17) is 0 Å². The molecule has 2 aromatic rings. The minimum atomic E-state index is 0.196. The van der Waals surface area contributed by atoms with Crippen LogP contribution in [0.5, 0.6) is 0 Å². The van der Waals surface area contributed by atoms with Crippen molar-refractivity contribution < 1.29 is 0 Å². The number of nitrogens with zero attached hydrogens (tertiary/aromatic N) is 1. The summed E-state index contributed by atoms with van der Waals surface area (Å²) >= 11 is 0. The summed E-state index contributed by atoms with van der Waals surface area (Å²) in [6.07, 6.45) is 7.30. The van der Waals surface area contributed by atoms with Crippen LogP contribution >= 0.6 is 0 Å². The molecule has 0 radical (unpaired) electrons. The van der Waals surface area contributed by atoms with Gasteiger partial charge in [0.25, 0.3) is 0 Å². The molecular formula is C19H24N2. The number of hydrogen-bond donors (Lipinski definition) is 1. The van der Waals surface area contributed by atoms with Crippen molar-refractivity contribution in [2.75, 3.05) is 0 Å². The molecule has 2 heterocycles. The van der Waals surface area contributed by atoms with E-state index in [-0.39, 0.29) is 5.54 Å². The molecule has 2 atom stereocenters. The van der Waals surface area contributed by atoms with Gasteiger partial charge >= 0.3 is 0 Å². The molecule has 1 aromatic carbocycles. The van der Waals surface area contributed by atoms with Crippen LogP contribution in [0, 0.1) is 0 Å². The van der Waals surface area contributed by atoms with Crippen LogP contribution in [0.1, 0.15) is 56.2 Å². The van der Waals surface area contributed by atoms with Crippen LogP contribution in [0.15, 0.2) is 54.9 Å². The van der Waals surface area contributed by atoms with Gasteiger partial charge in [-0.25, -0.2) is 0 Å². The summed E-state index contributed by atoms with van der Waals surface area (Å²) in [5, 5.41) is 3.95. The second kappa shape index (κ2) is 5.98. The monoisotopic (exact) mass is 280 g/mol. The van der Waals surface area contributed by atoms with Crippen LogP contribution in [-0.4, -0.2) is 10.5 Å². The van der Waals surface area contributed by atoms with Gasteiger partial charge in [0.2, 0.25) is 0 Å². The standard InChI is InChI=1S/C19H24N2/c1-3-19(4-2)17(15-10-12-20-13-11-15)14-18(21-19)16-8-6-5-7-9-16/h5-13,17-18,21H,3-4,14H2,1-2H3/t17-,18+/m1/s1. The third-order valence-electron chi connectivity index (χ3n) is 5.17. The van der Waals surface area contributed by atoms with Crippen LogP contribution in [0.25, 0.3) is 0 Å². The van der Waals surface area contributed by atoms with E-state index in [9.17, 15) is 0 Å². The normalized spacial score (nSPS) is 24.1. The summed E-state index contributed by atoms with van der Waals surface area (Å²) < 4.78 is 0. The van der Waals surface area contributed by atoms with Gasteiger partial charge < -0.3 is 5.32 Å². The summed E-state index contributed by atoms with van der Waals surface area (Å²) in [5.41, 5.74) is 3.02. The van der Waals surface area contributed by atoms with Gasteiger partial charge in [0.15, 0.2) is 0 Å². The first-order chi connectivity index (χ1) is 10.3. The second-order valence-electron chi connectivity index (χ2n) is 6.04. The number of aromatic nitrogens is 1. The molecule has 0 saturated carbocycles. The molecule has 110 valence electrons. The van der Waals surface area contributed by atoms with Gasteiger partial charge in [-0.2, -0.15) is 0 Å². The molecule has 2 heteroatoms. The molecule has 1 fully saturated rings. The Morgan fingerprint density at radius 3 is 2.29 bits per heavy atom. The van der Waals surface area contributed by atoms with Gasteiger partial charge in [-0.3, -0.25) is 4.98 Å². The molecule has 0 amide bonds. The highest BCUT2D eigenvalue weighted by atomic mass is 15.1. The molecule has 21 heavy (non-hydrogen) atoms. The molecule has 0 unspecified atom stereocenters. The first-order valence-electron chi connectivity index (χ1n) is 8.01. The zero-order valence-electron chi connectivity index (χ0n) is 12.9. The fourth-order valence-electron chi connectivity index (χ4n) is 3.87. The Bertz CT molecular complexity index is 561. The average Bonchev–Trinajstić information content (AvgIpc) is 2.97. The number of nitrogens with one attached hydrogen (secondary N) is 1. The van der Waals surface area contributed by atoms with Crippen molar-refractivity contribution in [3.8, 4) is 0 Å². The lowest BCUT2D eigenvalue weighted by atomic mass is 9.77. The third-order valence-corrected chi connectivity index (χ3v) is 5.17. The van der Waals surface area contributed by atoms with E-state index in [1.165, 1.54) is 11.1 Å². The van der Waals surface area contributed by atoms with Crippen LogP contribution in [0.3, 0.4) is 0 Å². The van der Waals surface area contributed by atoms with Crippen LogP contribution in [0.2, 0.25) is 0 Å². The lowest BCUT2D eigenvalue weighted by Crippen LogP contribution is -2.43. The molecular weight excluding hydrogens is 256 g/mol. The summed E-state index contributed by atoms with van der Waals surface area (Å²) in [6, 6.07) is 15.6. The molecule has 2 nitrogen and oxygen atoms in total. The largest absolute Gasteiger partial charge is 0.304 e. The zero-order valence-corrected chi connectivity index (χ0v) is 12.9. The minimum Gasteiger partial charge on any atom is -0.304 e. The molecule has 1 aliphatic rings. The molecule has 3 rings (SSSR count). The van der Waals surface area contributed by atoms with E-state index < -0.39 is 0 Å². The Morgan fingerprint density at radius 1 is 1.00 bits per heavy atom. The highest BCUT2D eigenvalue weighted by Gasteiger charge is 2.45. The highest BCUT2D eigenvalue weighted by molar-refractivity contribution is 5.29. The van der Waals surface area contributed by atoms with Gasteiger partial charge in [-0.05, 0) is 42.5 Å². The van der Waals surface area contributed by atoms with E-state index in [1.807, 2.05) is 12.4 Å². The Hall–Kier alpha value is -1.67. The predicted octanol–water partition coefficient (Wildman–Crippen LogP) is 4.46. The minimum absolute atomic E-state index is 0.196. The van der Waals surface area contributed by atoms with E-state index in [0.29, 0.717) is 12.0 Å². The van der Waals surface area contributed by atoms with Gasteiger partial charge in [-0.1, -0.05) is 44.2 Å². The van der Waals surface area contributed by atoms with Crippen LogP contribution in [-0.2, 0) is 0 Å². The SMILES string of the molecule is CCC1(CC)N[C@H](c2ccccc2)C[C@@H]1c1ccncc1. The van der Waals surface area contributed by atoms with Crippen molar-refractivity contribution in [2.45, 2.75) is 50.6 Å². The van der Waals surface area contributed by atoms with E-state index in [0.717, 1.165) is 19.3 Å². The Kier molecular flexibility index (Phi) is 4.07. The molecule has 1 aliphatic heterocycles. The van der Waals surface area contributed by atoms with E-state index in [1.54, 1.807) is 0 Å². The molecule has 0 spiro atoms. The van der Waals surface area contributed by atoms with Crippen molar-refractivity contribution in [1.29, 1.82) is 0 Å². The fraction of sp³-hybridized carbons (Fsp3) is 0.421. The van der Waals surface area contributed by atoms with Gasteiger partial charge in [0.1, 0.15) is 0 Å². The van der Waals surface area contributed by atoms with Crippen molar-refractivity contribution in [3.63, 3.8) is 0 Å². The third kappa shape index (κ3) is 2.60. The van der Waals surface area contributed by atoms with Crippen molar-refractivity contribution in [2.24, 2.45) is 0 Å². The topological polar surface area (TPSA) is 24.9 Å². The average molecular weight is 280 g/mol. The Balaban J connectivity index is 1.95. The van der Waals surface area contributed by atoms with Crippen LogP contribution < -0.4 is 5.32 Å². The number of pyridine rings is 1. The number of benzene rings is 1. The first-order valence-corrected chi connectivity index (χ1v) is 8.01. The van der Waals surface area contributed by atoms with Crippen molar-refractivity contribution in [1.82, 2.24) is 10.3 Å². The number of rotatable bonds is 4. The summed E-state index contributed by atoms with van der Waals surface area (Å²) in [7, 11) is 0. The smallest absolute Gasteiger partial charge is 0.0331 e. The second-order valence-corrected chi connectivity index (χ2v) is 6.04. The fourth-order valence-corrected chi connectivity index (χ4v) is 3.87. The molecule has 1 aromatic heterocycles. The molecule has 0 bridgehead atoms. The maximum Gasteiger partial charge on any atom is 0.0331 e. The molecule has 0 aliphatic carbocycles. The maximum atomic E-state index is 4.17. The summed E-state index contributed by atoms with van der Waals surface area (Å²) in [6.45, 7) is 4.61. The highest BCUT2D eigenvalue weighted by Crippen LogP contribution is 2.47. The Morgan fingerprint density at radius 2 is 1.67 bits per heavy atom. The first kappa shape index (κ1) is 14.3. The van der Waals surface area contributed by atoms with Gasteiger partial charge in [0.05, 0.1) is 0 Å². The van der Waals surface area contributed by atoms with Gasteiger partial charge in [0, 0.05) is 29.9 Å². The lowest BCUT2D eigenvalue weighted by molar-refractivity contribution is 0.303. The summed E-state index contributed by atoms with van der Waals surface area (Å²) in [5.74, 6) is 0.556. The predicted molar refractivity (Wildman–Crippen MR) is 87.2 cm³/mol. The maximum absolute atomic E-state index is 4.17. The molecule has 1 N–H and O–H groups in total. The zero-order chi connectivity index (χ0) is 14.7. The van der Waals surface area contributed by atoms with E-state index >= 15 is 0 Å². The quantitative estimate of drug-likeness (QED) is 0.894. The lowest BCUT2D eigenvalue weighted by Gasteiger charge is -2.34. The summed E-state index contributed by atoms with van der Waals surface area (Å²) in [4.78, 5) is 4.17. The Labute approximate surface area is 127 Å².